The molecule has 4 heteroatoms. The van der Waals surface area contributed by atoms with Crippen molar-refractivity contribution in [2.75, 3.05) is 13.1 Å². The zero-order valence-corrected chi connectivity index (χ0v) is 13.9. The molecule has 0 aromatic rings. The van der Waals surface area contributed by atoms with E-state index in [1.54, 1.807) is 0 Å². The smallest absolute Gasteiger partial charge is 0.303 e. The van der Waals surface area contributed by atoms with E-state index >= 15 is 0 Å². The first-order valence-electron chi connectivity index (χ1n) is 8.61. The van der Waals surface area contributed by atoms with Crippen LogP contribution in [0.3, 0.4) is 0 Å². The number of unbranched alkanes of at least 4 members (excludes halogenated alkanes) is 6. The summed E-state index contributed by atoms with van der Waals surface area (Å²) in [6, 6.07) is 0. The fourth-order valence-corrected chi connectivity index (χ4v) is 2.37. The van der Waals surface area contributed by atoms with Gasteiger partial charge in [0.05, 0.1) is 0 Å². The van der Waals surface area contributed by atoms with Crippen molar-refractivity contribution in [3.63, 3.8) is 0 Å². The van der Waals surface area contributed by atoms with E-state index in [-0.39, 0.29) is 12.3 Å². The Morgan fingerprint density at radius 3 is 1.71 bits per heavy atom. The minimum absolute atomic E-state index is 0.0885. The number of carboxylic acid groups (broad SMARTS) is 1. The van der Waals surface area contributed by atoms with E-state index in [0.29, 0.717) is 12.8 Å². The molecule has 21 heavy (non-hydrogen) atoms. The Labute approximate surface area is 129 Å². The zero-order chi connectivity index (χ0) is 15.9. The molecular weight excluding hydrogens is 266 g/mol. The van der Waals surface area contributed by atoms with Crippen LogP contribution in [0.5, 0.6) is 0 Å². The fourth-order valence-electron chi connectivity index (χ4n) is 2.37. The number of carboxylic acids is 1. The van der Waals surface area contributed by atoms with Gasteiger partial charge in [-0.25, -0.2) is 0 Å². The number of aliphatic carboxylic acids is 1. The predicted octanol–water partition coefficient (Wildman–Crippen LogP) is 4.23. The quantitative estimate of drug-likeness (QED) is 0.488. The molecule has 0 aromatic heterocycles. The van der Waals surface area contributed by atoms with Gasteiger partial charge < -0.3 is 10.0 Å². The van der Waals surface area contributed by atoms with Gasteiger partial charge in [0.2, 0.25) is 5.91 Å². The first-order valence-corrected chi connectivity index (χ1v) is 8.61. The lowest BCUT2D eigenvalue weighted by Crippen LogP contribution is -2.33. The van der Waals surface area contributed by atoms with Crippen molar-refractivity contribution in [2.45, 2.75) is 84.5 Å². The highest BCUT2D eigenvalue weighted by molar-refractivity contribution is 5.77. The SMILES string of the molecule is CCCCCCN(CCCCCC)C(=O)CCCC(=O)O. The molecule has 0 rings (SSSR count). The predicted molar refractivity (Wildman–Crippen MR) is 86.4 cm³/mol. The van der Waals surface area contributed by atoms with E-state index in [1.807, 2.05) is 4.90 Å². The van der Waals surface area contributed by atoms with Crippen molar-refractivity contribution in [1.82, 2.24) is 4.90 Å². The molecule has 0 spiro atoms. The van der Waals surface area contributed by atoms with E-state index in [9.17, 15) is 9.59 Å². The summed E-state index contributed by atoms with van der Waals surface area (Å²) in [5.41, 5.74) is 0. The number of hydrogen-bond donors (Lipinski definition) is 1. The molecular formula is C17H33NO3. The molecule has 124 valence electrons. The standard InChI is InChI=1S/C17H33NO3/c1-3-5-7-9-14-18(15-10-8-6-4-2)16(19)12-11-13-17(20)21/h3-15H2,1-2H3,(H,20,21). The Morgan fingerprint density at radius 2 is 1.29 bits per heavy atom. The molecule has 4 nitrogen and oxygen atoms in total. The van der Waals surface area contributed by atoms with Gasteiger partial charge in [0.1, 0.15) is 0 Å². The summed E-state index contributed by atoms with van der Waals surface area (Å²) in [5.74, 6) is -0.690. The number of carbonyl (C=O) groups is 2. The van der Waals surface area contributed by atoms with E-state index in [0.717, 1.165) is 25.9 Å². The maximum atomic E-state index is 12.2. The summed E-state index contributed by atoms with van der Waals surface area (Å²) < 4.78 is 0. The summed E-state index contributed by atoms with van der Waals surface area (Å²) in [6.45, 7) is 6.02. The van der Waals surface area contributed by atoms with Crippen molar-refractivity contribution >= 4 is 11.9 Å². The third kappa shape index (κ3) is 12.4. The lowest BCUT2D eigenvalue weighted by molar-refractivity contribution is -0.137. The molecule has 0 radical (unpaired) electrons. The molecule has 0 bridgehead atoms. The van der Waals surface area contributed by atoms with Crippen LogP contribution in [0, 0.1) is 0 Å². The maximum absolute atomic E-state index is 12.2. The van der Waals surface area contributed by atoms with Crippen LogP contribution in [0.15, 0.2) is 0 Å². The van der Waals surface area contributed by atoms with Crippen LogP contribution in [0.25, 0.3) is 0 Å². The van der Waals surface area contributed by atoms with E-state index < -0.39 is 5.97 Å². The monoisotopic (exact) mass is 299 g/mol. The lowest BCUT2D eigenvalue weighted by Gasteiger charge is -2.23. The van der Waals surface area contributed by atoms with Crippen molar-refractivity contribution < 1.29 is 14.7 Å². The zero-order valence-electron chi connectivity index (χ0n) is 13.9. The second-order valence-corrected chi connectivity index (χ2v) is 5.75. The number of rotatable bonds is 14. The first-order chi connectivity index (χ1) is 10.1. The van der Waals surface area contributed by atoms with Crippen LogP contribution in [0.4, 0.5) is 0 Å². The molecule has 0 atom stereocenters. The fraction of sp³-hybridized carbons (Fsp3) is 0.882. The highest BCUT2D eigenvalue weighted by atomic mass is 16.4. The van der Waals surface area contributed by atoms with Crippen LogP contribution < -0.4 is 0 Å². The Bertz CT molecular complexity index is 267. The van der Waals surface area contributed by atoms with Crippen LogP contribution in [0.1, 0.15) is 84.5 Å². The van der Waals surface area contributed by atoms with Gasteiger partial charge in [-0.1, -0.05) is 52.4 Å². The number of amides is 1. The third-order valence-corrected chi connectivity index (χ3v) is 3.70. The molecule has 0 aliphatic heterocycles. The molecule has 1 amide bonds. The van der Waals surface area contributed by atoms with Crippen LogP contribution >= 0.6 is 0 Å². The summed E-state index contributed by atoms with van der Waals surface area (Å²) in [4.78, 5) is 24.7. The topological polar surface area (TPSA) is 57.6 Å². The average Bonchev–Trinajstić information content (AvgIpc) is 2.45. The van der Waals surface area contributed by atoms with Crippen molar-refractivity contribution in [2.24, 2.45) is 0 Å². The van der Waals surface area contributed by atoms with Crippen molar-refractivity contribution in [3.8, 4) is 0 Å². The Hall–Kier alpha value is -1.06. The summed E-state index contributed by atoms with van der Waals surface area (Å²) in [5, 5.41) is 8.64. The highest BCUT2D eigenvalue weighted by Crippen LogP contribution is 2.08. The molecule has 0 unspecified atom stereocenters. The number of hydrogen-bond acceptors (Lipinski definition) is 2. The summed E-state index contributed by atoms with van der Waals surface area (Å²) in [7, 11) is 0. The largest absolute Gasteiger partial charge is 0.481 e. The van der Waals surface area contributed by atoms with Crippen LogP contribution in [-0.2, 0) is 9.59 Å². The van der Waals surface area contributed by atoms with E-state index in [4.69, 9.17) is 5.11 Å². The normalized spacial score (nSPS) is 10.6. The maximum Gasteiger partial charge on any atom is 0.303 e. The Kier molecular flexibility index (Phi) is 13.2. The highest BCUT2D eigenvalue weighted by Gasteiger charge is 2.13. The van der Waals surface area contributed by atoms with Gasteiger partial charge in [0.25, 0.3) is 0 Å². The second kappa shape index (κ2) is 13.9. The molecule has 0 saturated heterocycles. The van der Waals surface area contributed by atoms with Gasteiger partial charge >= 0.3 is 5.97 Å². The summed E-state index contributed by atoms with van der Waals surface area (Å²) in [6.07, 6.45) is 10.2. The van der Waals surface area contributed by atoms with Gasteiger partial charge in [-0.2, -0.15) is 0 Å². The minimum atomic E-state index is -0.819. The Balaban J connectivity index is 4.07. The third-order valence-electron chi connectivity index (χ3n) is 3.70. The Morgan fingerprint density at radius 1 is 0.762 bits per heavy atom. The van der Waals surface area contributed by atoms with Crippen molar-refractivity contribution in [3.05, 3.63) is 0 Å². The van der Waals surface area contributed by atoms with Gasteiger partial charge in [0, 0.05) is 25.9 Å². The van der Waals surface area contributed by atoms with Gasteiger partial charge in [-0.05, 0) is 19.3 Å². The van der Waals surface area contributed by atoms with Crippen molar-refractivity contribution in [1.29, 1.82) is 0 Å². The average molecular weight is 299 g/mol. The van der Waals surface area contributed by atoms with Gasteiger partial charge in [-0.3, -0.25) is 9.59 Å². The second-order valence-electron chi connectivity index (χ2n) is 5.75. The van der Waals surface area contributed by atoms with Crippen LogP contribution in [-0.4, -0.2) is 35.0 Å². The summed E-state index contributed by atoms with van der Waals surface area (Å²) >= 11 is 0. The molecule has 0 aliphatic carbocycles. The molecule has 1 N–H and O–H groups in total. The number of carbonyl (C=O) groups excluding carboxylic acids is 1. The van der Waals surface area contributed by atoms with Gasteiger partial charge in [-0.15, -0.1) is 0 Å². The molecule has 0 fully saturated rings. The first kappa shape index (κ1) is 19.9. The van der Waals surface area contributed by atoms with E-state index in [2.05, 4.69) is 13.8 Å². The molecule has 0 aromatic carbocycles. The molecule has 0 aliphatic rings. The minimum Gasteiger partial charge on any atom is -0.481 e. The molecule has 0 saturated carbocycles. The van der Waals surface area contributed by atoms with Crippen LogP contribution in [0.2, 0.25) is 0 Å². The van der Waals surface area contributed by atoms with E-state index in [1.165, 1.54) is 38.5 Å². The molecule has 0 heterocycles. The van der Waals surface area contributed by atoms with Gasteiger partial charge in [0.15, 0.2) is 0 Å². The lowest BCUT2D eigenvalue weighted by atomic mass is 10.1. The number of nitrogens with zero attached hydrogens (tertiary/aromatic N) is 1.